The van der Waals surface area contributed by atoms with Gasteiger partial charge >= 0.3 is 0 Å². The van der Waals surface area contributed by atoms with E-state index in [4.69, 9.17) is 4.74 Å². The summed E-state index contributed by atoms with van der Waals surface area (Å²) in [5, 5.41) is 0. The first-order chi connectivity index (χ1) is 15.3. The molecule has 2 aliphatic carbocycles. The summed E-state index contributed by atoms with van der Waals surface area (Å²) in [4.78, 5) is 0. The topological polar surface area (TPSA) is 9.23 Å². The minimum Gasteiger partial charge on any atom is -0.375 e. The lowest BCUT2D eigenvalue weighted by Gasteiger charge is -2.39. The van der Waals surface area contributed by atoms with Crippen molar-refractivity contribution in [2.75, 3.05) is 0 Å². The van der Waals surface area contributed by atoms with Crippen molar-refractivity contribution in [3.8, 4) is 0 Å². The van der Waals surface area contributed by atoms with Crippen LogP contribution in [0, 0.1) is 17.8 Å². The second-order valence-corrected chi connectivity index (χ2v) is 10.8. The molecule has 1 heteroatoms. The Labute approximate surface area is 192 Å². The lowest BCUT2D eigenvalue weighted by molar-refractivity contribution is -0.0110. The molecule has 1 saturated heterocycles. The van der Waals surface area contributed by atoms with Gasteiger partial charge in [0.25, 0.3) is 0 Å². The molecule has 0 aromatic heterocycles. The number of ether oxygens (including phenoxy) is 1. The number of rotatable bonds is 8. The van der Waals surface area contributed by atoms with Crippen molar-refractivity contribution in [2.24, 2.45) is 17.8 Å². The Morgan fingerprint density at radius 3 is 2.10 bits per heavy atom. The Balaban J connectivity index is 1.18. The number of hydrogen-bond acceptors (Lipinski definition) is 1. The molecule has 31 heavy (non-hydrogen) atoms. The molecule has 1 aromatic rings. The number of benzene rings is 1. The van der Waals surface area contributed by atoms with Crippen molar-refractivity contribution in [1.82, 2.24) is 0 Å². The Kier molecular flexibility index (Phi) is 8.71. The van der Waals surface area contributed by atoms with Crippen LogP contribution in [0.3, 0.4) is 0 Å². The van der Waals surface area contributed by atoms with E-state index in [9.17, 15) is 0 Å². The van der Waals surface area contributed by atoms with Gasteiger partial charge in [0.2, 0.25) is 0 Å². The molecular formula is C30H46O. The predicted molar refractivity (Wildman–Crippen MR) is 133 cm³/mol. The fraction of sp³-hybridized carbons (Fsp3) is 0.733. The molecule has 3 aliphatic rings. The van der Waals surface area contributed by atoms with Crippen LogP contribution in [0.15, 0.2) is 36.4 Å². The fourth-order valence-electron chi connectivity index (χ4n) is 6.90. The molecule has 1 aromatic carbocycles. The zero-order valence-corrected chi connectivity index (χ0v) is 20.2. The first-order valence-electron chi connectivity index (χ1n) is 13.6. The fourth-order valence-corrected chi connectivity index (χ4v) is 6.90. The predicted octanol–water partition coefficient (Wildman–Crippen LogP) is 8.62. The standard InChI is InChI=1S/C30H46O/c1-3-5-6-8-23-9-11-24(12-10-23)25-13-15-26(16-14-25)27-17-19-28(20-18-27)30-22-21-29(31-30)7-4-2/h3,5,9-12,25-30H,4,6-8,13-22H2,1-2H3/b5-3+. The maximum absolute atomic E-state index is 6.42. The summed E-state index contributed by atoms with van der Waals surface area (Å²) in [5.74, 6) is 3.66. The van der Waals surface area contributed by atoms with Crippen LogP contribution in [0.5, 0.6) is 0 Å². The Morgan fingerprint density at radius 2 is 1.45 bits per heavy atom. The quantitative estimate of drug-likeness (QED) is 0.381. The van der Waals surface area contributed by atoms with Gasteiger partial charge < -0.3 is 4.74 Å². The van der Waals surface area contributed by atoms with E-state index in [-0.39, 0.29) is 0 Å². The van der Waals surface area contributed by atoms with E-state index < -0.39 is 0 Å². The van der Waals surface area contributed by atoms with Crippen molar-refractivity contribution in [3.63, 3.8) is 0 Å². The van der Waals surface area contributed by atoms with Crippen molar-refractivity contribution in [1.29, 1.82) is 0 Å². The molecular weight excluding hydrogens is 376 g/mol. The molecule has 3 fully saturated rings. The second kappa shape index (κ2) is 11.7. The minimum atomic E-state index is 0.574. The van der Waals surface area contributed by atoms with E-state index in [0.29, 0.717) is 12.2 Å². The molecule has 2 atom stereocenters. The zero-order valence-electron chi connectivity index (χ0n) is 20.2. The highest BCUT2D eigenvalue weighted by atomic mass is 16.5. The summed E-state index contributed by atoms with van der Waals surface area (Å²) < 4.78 is 6.42. The van der Waals surface area contributed by atoms with E-state index in [1.54, 1.807) is 5.56 Å². The third kappa shape index (κ3) is 6.25. The summed E-state index contributed by atoms with van der Waals surface area (Å²) in [7, 11) is 0. The maximum atomic E-state index is 6.42. The normalized spacial score (nSPS) is 34.4. The monoisotopic (exact) mass is 422 g/mol. The molecule has 0 N–H and O–H groups in total. The second-order valence-electron chi connectivity index (χ2n) is 10.8. The molecule has 172 valence electrons. The van der Waals surface area contributed by atoms with Crippen LogP contribution < -0.4 is 0 Å². The minimum absolute atomic E-state index is 0.574. The summed E-state index contributed by atoms with van der Waals surface area (Å²) >= 11 is 0. The highest BCUT2D eigenvalue weighted by Gasteiger charge is 2.36. The lowest BCUT2D eigenvalue weighted by Crippen LogP contribution is -2.30. The molecule has 0 bridgehead atoms. The third-order valence-electron chi connectivity index (χ3n) is 8.82. The van der Waals surface area contributed by atoms with E-state index in [1.165, 1.54) is 89.0 Å². The summed E-state index contributed by atoms with van der Waals surface area (Å²) in [6, 6.07) is 9.61. The molecule has 1 heterocycles. The molecule has 4 rings (SSSR count). The van der Waals surface area contributed by atoms with Gasteiger partial charge in [0.05, 0.1) is 12.2 Å². The van der Waals surface area contributed by atoms with Gasteiger partial charge in [-0.25, -0.2) is 0 Å². The summed E-state index contributed by atoms with van der Waals surface area (Å²) in [6.07, 6.45) is 24.7. The van der Waals surface area contributed by atoms with E-state index >= 15 is 0 Å². The Morgan fingerprint density at radius 1 is 0.806 bits per heavy atom. The van der Waals surface area contributed by atoms with Crippen LogP contribution in [-0.2, 0) is 11.2 Å². The van der Waals surface area contributed by atoms with Gasteiger partial charge in [-0.3, -0.25) is 0 Å². The van der Waals surface area contributed by atoms with Crippen LogP contribution in [-0.4, -0.2) is 12.2 Å². The van der Waals surface area contributed by atoms with E-state index in [2.05, 4.69) is 50.3 Å². The molecule has 2 unspecified atom stereocenters. The van der Waals surface area contributed by atoms with Crippen molar-refractivity contribution >= 4 is 0 Å². The van der Waals surface area contributed by atoms with Gasteiger partial charge in [-0.15, -0.1) is 0 Å². The largest absolute Gasteiger partial charge is 0.375 e. The molecule has 1 aliphatic heterocycles. The zero-order chi connectivity index (χ0) is 21.5. The summed E-state index contributed by atoms with van der Waals surface area (Å²) in [5.41, 5.74) is 3.08. The highest BCUT2D eigenvalue weighted by Crippen LogP contribution is 2.45. The Bertz CT molecular complexity index is 658. The number of hydrogen-bond donors (Lipinski definition) is 0. The average Bonchev–Trinajstić information content (AvgIpc) is 3.29. The van der Waals surface area contributed by atoms with Gasteiger partial charge in [0.1, 0.15) is 0 Å². The highest BCUT2D eigenvalue weighted by molar-refractivity contribution is 5.26. The van der Waals surface area contributed by atoms with Crippen molar-refractivity contribution in [2.45, 2.75) is 122 Å². The molecule has 2 saturated carbocycles. The van der Waals surface area contributed by atoms with Crippen LogP contribution >= 0.6 is 0 Å². The lowest BCUT2D eigenvalue weighted by atomic mass is 9.67. The third-order valence-corrected chi connectivity index (χ3v) is 8.82. The van der Waals surface area contributed by atoms with Gasteiger partial charge in [0, 0.05) is 0 Å². The number of aryl methyl sites for hydroxylation is 1. The van der Waals surface area contributed by atoms with E-state index in [1.807, 2.05) is 0 Å². The Hall–Kier alpha value is -1.08. The molecule has 0 spiro atoms. The maximum Gasteiger partial charge on any atom is 0.0608 e. The van der Waals surface area contributed by atoms with E-state index in [0.717, 1.165) is 30.1 Å². The molecule has 0 radical (unpaired) electrons. The molecule has 1 nitrogen and oxygen atoms in total. The van der Waals surface area contributed by atoms with Crippen molar-refractivity contribution < 1.29 is 4.74 Å². The average molecular weight is 423 g/mol. The van der Waals surface area contributed by atoms with Crippen molar-refractivity contribution in [3.05, 3.63) is 47.5 Å². The smallest absolute Gasteiger partial charge is 0.0608 e. The number of allylic oxidation sites excluding steroid dienone is 2. The molecule has 0 amide bonds. The first kappa shape index (κ1) is 23.1. The van der Waals surface area contributed by atoms with Crippen LogP contribution in [0.4, 0.5) is 0 Å². The van der Waals surface area contributed by atoms with Gasteiger partial charge in [-0.1, -0.05) is 49.8 Å². The van der Waals surface area contributed by atoms with Crippen LogP contribution in [0.25, 0.3) is 0 Å². The SMILES string of the molecule is C/C=C/CCc1ccc(C2CCC(C3CCC(C4CCC(CCC)O4)CC3)CC2)cc1. The van der Waals surface area contributed by atoms with Gasteiger partial charge in [-0.05, 0) is 125 Å². The van der Waals surface area contributed by atoms with Gasteiger partial charge in [-0.2, -0.15) is 0 Å². The first-order valence-corrected chi connectivity index (χ1v) is 13.6. The van der Waals surface area contributed by atoms with Crippen LogP contribution in [0.2, 0.25) is 0 Å². The summed E-state index contributed by atoms with van der Waals surface area (Å²) in [6.45, 7) is 4.40. The van der Waals surface area contributed by atoms with Crippen LogP contribution in [0.1, 0.15) is 114 Å². The van der Waals surface area contributed by atoms with Gasteiger partial charge in [0.15, 0.2) is 0 Å².